The molecule has 108 valence electrons. The lowest BCUT2D eigenvalue weighted by molar-refractivity contribution is 0.0974. The zero-order valence-electron chi connectivity index (χ0n) is 11.5. The van der Waals surface area contributed by atoms with E-state index in [4.69, 9.17) is 4.42 Å². The minimum atomic E-state index is -0.258. The van der Waals surface area contributed by atoms with Gasteiger partial charge in [-0.2, -0.15) is 0 Å². The highest BCUT2D eigenvalue weighted by Crippen LogP contribution is 2.27. The van der Waals surface area contributed by atoms with Crippen molar-refractivity contribution in [1.82, 2.24) is 4.90 Å². The molecule has 0 saturated carbocycles. The van der Waals surface area contributed by atoms with Crippen LogP contribution in [0.3, 0.4) is 0 Å². The number of rotatable bonds is 1. The standard InChI is InChI=1S/C16H15BrN2O2/c17-12-2-1-11-7-15(21-14(11)8-12)16(20)18-13-9-19-5-3-10(13)4-6-19/h1-2,7-8,10H,3-6,9H2. The number of amides is 1. The summed E-state index contributed by atoms with van der Waals surface area (Å²) >= 11 is 3.40. The molecule has 1 aromatic heterocycles. The molecule has 2 bridgehead atoms. The summed E-state index contributed by atoms with van der Waals surface area (Å²) in [7, 11) is 0. The average Bonchev–Trinajstić information content (AvgIpc) is 2.91. The number of benzene rings is 1. The van der Waals surface area contributed by atoms with Gasteiger partial charge in [0.25, 0.3) is 0 Å². The Morgan fingerprint density at radius 1 is 1.29 bits per heavy atom. The summed E-state index contributed by atoms with van der Waals surface area (Å²) in [5.41, 5.74) is 1.74. The lowest BCUT2D eigenvalue weighted by atomic mass is 9.86. The Labute approximate surface area is 130 Å². The fourth-order valence-corrected chi connectivity index (χ4v) is 3.55. The molecule has 3 aliphatic heterocycles. The number of hydrogen-bond donors (Lipinski definition) is 0. The smallest absolute Gasteiger partial charge is 0.312 e. The van der Waals surface area contributed by atoms with Gasteiger partial charge in [0.2, 0.25) is 0 Å². The maximum atomic E-state index is 12.3. The van der Waals surface area contributed by atoms with Gasteiger partial charge in [-0.3, -0.25) is 9.69 Å². The van der Waals surface area contributed by atoms with Gasteiger partial charge in [-0.15, -0.1) is 0 Å². The Morgan fingerprint density at radius 3 is 2.81 bits per heavy atom. The van der Waals surface area contributed by atoms with Crippen LogP contribution in [0.4, 0.5) is 0 Å². The first kappa shape index (κ1) is 13.2. The fourth-order valence-electron chi connectivity index (χ4n) is 3.21. The number of nitrogens with zero attached hydrogens (tertiary/aromatic N) is 2. The third-order valence-electron chi connectivity index (χ3n) is 4.38. The van der Waals surface area contributed by atoms with Crippen molar-refractivity contribution < 1.29 is 9.21 Å². The molecular formula is C16H15BrN2O2. The maximum absolute atomic E-state index is 12.3. The zero-order chi connectivity index (χ0) is 14.4. The van der Waals surface area contributed by atoms with Crippen molar-refractivity contribution in [2.45, 2.75) is 12.8 Å². The van der Waals surface area contributed by atoms with Crippen molar-refractivity contribution in [2.75, 3.05) is 19.6 Å². The van der Waals surface area contributed by atoms with E-state index in [-0.39, 0.29) is 5.91 Å². The number of carbonyl (C=O) groups excluding carboxylic acids is 1. The molecule has 21 heavy (non-hydrogen) atoms. The summed E-state index contributed by atoms with van der Waals surface area (Å²) < 4.78 is 6.57. The number of piperidine rings is 3. The van der Waals surface area contributed by atoms with Gasteiger partial charge in [0.15, 0.2) is 5.76 Å². The summed E-state index contributed by atoms with van der Waals surface area (Å²) in [6.45, 7) is 3.11. The number of halogens is 1. The molecular weight excluding hydrogens is 332 g/mol. The van der Waals surface area contributed by atoms with Gasteiger partial charge in [-0.1, -0.05) is 15.9 Å². The van der Waals surface area contributed by atoms with Crippen molar-refractivity contribution in [3.63, 3.8) is 0 Å². The van der Waals surface area contributed by atoms with Crippen LogP contribution in [-0.4, -0.2) is 36.2 Å². The van der Waals surface area contributed by atoms with E-state index < -0.39 is 0 Å². The van der Waals surface area contributed by atoms with Crippen molar-refractivity contribution >= 4 is 38.5 Å². The third-order valence-corrected chi connectivity index (χ3v) is 4.88. The number of furan rings is 1. The van der Waals surface area contributed by atoms with Gasteiger partial charge in [-0.25, -0.2) is 4.99 Å². The van der Waals surface area contributed by atoms with Gasteiger partial charge in [-0.05, 0) is 50.2 Å². The van der Waals surface area contributed by atoms with E-state index in [0.717, 1.165) is 48.0 Å². The molecule has 4 nitrogen and oxygen atoms in total. The lowest BCUT2D eigenvalue weighted by Gasteiger charge is -2.39. The van der Waals surface area contributed by atoms with Crippen LogP contribution >= 0.6 is 15.9 Å². The molecule has 0 unspecified atom stereocenters. The largest absolute Gasteiger partial charge is 0.451 e. The lowest BCUT2D eigenvalue weighted by Crippen LogP contribution is -2.48. The van der Waals surface area contributed by atoms with Crippen molar-refractivity contribution in [3.05, 3.63) is 34.5 Å². The highest BCUT2D eigenvalue weighted by molar-refractivity contribution is 9.10. The highest BCUT2D eigenvalue weighted by atomic mass is 79.9. The Balaban J connectivity index is 1.64. The van der Waals surface area contributed by atoms with E-state index in [1.54, 1.807) is 6.07 Å². The maximum Gasteiger partial charge on any atom is 0.312 e. The Kier molecular flexibility index (Phi) is 3.19. The monoisotopic (exact) mass is 346 g/mol. The van der Waals surface area contributed by atoms with Crippen LogP contribution in [0, 0.1) is 5.92 Å². The van der Waals surface area contributed by atoms with Crippen molar-refractivity contribution in [1.29, 1.82) is 0 Å². The number of fused-ring (bicyclic) bond motifs is 4. The quantitative estimate of drug-likeness (QED) is 0.793. The number of carbonyl (C=O) groups is 1. The molecule has 0 atom stereocenters. The molecule has 3 saturated heterocycles. The summed E-state index contributed by atoms with van der Waals surface area (Å²) in [4.78, 5) is 19.0. The second-order valence-corrected chi connectivity index (χ2v) is 6.67. The fraction of sp³-hybridized carbons (Fsp3) is 0.375. The van der Waals surface area contributed by atoms with Crippen LogP contribution in [0.1, 0.15) is 23.4 Å². The van der Waals surface area contributed by atoms with E-state index in [9.17, 15) is 4.79 Å². The van der Waals surface area contributed by atoms with Crippen LogP contribution in [0.15, 0.2) is 38.1 Å². The first-order valence-corrected chi connectivity index (χ1v) is 8.01. The van der Waals surface area contributed by atoms with Crippen LogP contribution in [0.5, 0.6) is 0 Å². The van der Waals surface area contributed by atoms with Gasteiger partial charge >= 0.3 is 5.91 Å². The molecule has 5 rings (SSSR count). The molecule has 0 aliphatic carbocycles. The first-order chi connectivity index (χ1) is 10.2. The SMILES string of the molecule is O=C(N=C1CN2CCC1CC2)c1cc2ccc(Br)cc2o1. The molecule has 1 amide bonds. The molecule has 5 heteroatoms. The normalized spacial score (nSPS) is 26.6. The van der Waals surface area contributed by atoms with Gasteiger partial charge in [0, 0.05) is 28.0 Å². The van der Waals surface area contributed by atoms with E-state index in [2.05, 4.69) is 25.8 Å². The van der Waals surface area contributed by atoms with Crippen molar-refractivity contribution in [3.8, 4) is 0 Å². The average molecular weight is 347 g/mol. The number of aliphatic imine (C=N–C) groups is 1. The van der Waals surface area contributed by atoms with Gasteiger partial charge in [0.1, 0.15) is 5.58 Å². The van der Waals surface area contributed by atoms with Crippen molar-refractivity contribution in [2.24, 2.45) is 10.9 Å². The second-order valence-electron chi connectivity index (χ2n) is 5.75. The zero-order valence-corrected chi connectivity index (χ0v) is 13.1. The molecule has 3 aliphatic rings. The predicted molar refractivity (Wildman–Crippen MR) is 84.8 cm³/mol. The van der Waals surface area contributed by atoms with E-state index in [1.807, 2.05) is 18.2 Å². The topological polar surface area (TPSA) is 45.8 Å². The van der Waals surface area contributed by atoms with Crippen LogP contribution in [-0.2, 0) is 0 Å². The van der Waals surface area contributed by atoms with Gasteiger partial charge < -0.3 is 4.42 Å². The molecule has 2 aromatic rings. The Hall–Kier alpha value is -1.46. The van der Waals surface area contributed by atoms with E-state index in [1.165, 1.54) is 0 Å². The molecule has 0 N–H and O–H groups in total. The molecule has 0 spiro atoms. The summed E-state index contributed by atoms with van der Waals surface area (Å²) in [6.07, 6.45) is 2.25. The predicted octanol–water partition coefficient (Wildman–Crippen LogP) is 3.50. The molecule has 1 aromatic carbocycles. The van der Waals surface area contributed by atoms with E-state index >= 15 is 0 Å². The summed E-state index contributed by atoms with van der Waals surface area (Å²) in [5.74, 6) is 0.551. The summed E-state index contributed by atoms with van der Waals surface area (Å²) in [6, 6.07) is 7.51. The third kappa shape index (κ3) is 2.45. The Bertz CT molecular complexity index is 742. The van der Waals surface area contributed by atoms with Crippen LogP contribution in [0.25, 0.3) is 11.0 Å². The first-order valence-electron chi connectivity index (χ1n) is 7.22. The summed E-state index contributed by atoms with van der Waals surface area (Å²) in [5, 5.41) is 0.927. The minimum absolute atomic E-state index is 0.258. The van der Waals surface area contributed by atoms with Gasteiger partial charge in [0.05, 0.1) is 0 Å². The highest BCUT2D eigenvalue weighted by Gasteiger charge is 2.31. The van der Waals surface area contributed by atoms with E-state index in [0.29, 0.717) is 17.3 Å². The number of hydrogen-bond acceptors (Lipinski definition) is 3. The molecule has 4 heterocycles. The Morgan fingerprint density at radius 2 is 2.10 bits per heavy atom. The molecule has 0 radical (unpaired) electrons. The van der Waals surface area contributed by atoms with Crippen LogP contribution < -0.4 is 0 Å². The molecule has 3 fully saturated rings. The second kappa shape index (κ2) is 5.07. The van der Waals surface area contributed by atoms with Crippen LogP contribution in [0.2, 0.25) is 0 Å². The minimum Gasteiger partial charge on any atom is -0.451 e.